The van der Waals surface area contributed by atoms with Gasteiger partial charge in [-0.25, -0.2) is 4.79 Å². The molecule has 1 unspecified atom stereocenters. The van der Waals surface area contributed by atoms with E-state index in [0.717, 1.165) is 38.4 Å². The topological polar surface area (TPSA) is 60.9 Å². The Hall–Kier alpha value is -2.03. The number of aromatic nitrogens is 1. The number of carbonyl (C=O) groups is 1. The second kappa shape index (κ2) is 9.85. The number of hydrogen-bond donors (Lipinski definition) is 0. The van der Waals surface area contributed by atoms with E-state index in [9.17, 15) is 18.0 Å². The number of likely N-dealkylation sites (tertiary alicyclic amines) is 1. The number of rotatable bonds is 6. The summed E-state index contributed by atoms with van der Waals surface area (Å²) in [6.07, 6.45) is 3.82. The second-order valence-electron chi connectivity index (χ2n) is 9.09. The summed E-state index contributed by atoms with van der Waals surface area (Å²) >= 11 is 0. The van der Waals surface area contributed by atoms with Gasteiger partial charge in [0.05, 0.1) is 18.3 Å². The average Bonchev–Trinajstić information content (AvgIpc) is 3.61. The zero-order valence-electron chi connectivity index (χ0n) is 18.4. The fourth-order valence-corrected chi connectivity index (χ4v) is 4.41. The van der Waals surface area contributed by atoms with E-state index in [-0.39, 0.29) is 18.3 Å². The summed E-state index contributed by atoms with van der Waals surface area (Å²) in [6.45, 7) is 1.53. The van der Waals surface area contributed by atoms with Crippen molar-refractivity contribution >= 4 is 6.09 Å². The van der Waals surface area contributed by atoms with Crippen LogP contribution in [0, 0.1) is 0 Å². The number of halogens is 3. The molecule has 178 valence electrons. The maximum Gasteiger partial charge on any atom is 0.425 e. The SMILES string of the molecule is CC(OC(=O)N1CCC(OC2CCC(Oc3ccncc3C3CC3)CC2)CC1)C(F)(F)F. The van der Waals surface area contributed by atoms with Crippen molar-refractivity contribution in [1.29, 1.82) is 0 Å². The normalized spacial score (nSPS) is 25.9. The minimum Gasteiger partial charge on any atom is -0.490 e. The molecule has 1 saturated heterocycles. The lowest BCUT2D eigenvalue weighted by molar-refractivity contribution is -0.200. The van der Waals surface area contributed by atoms with Gasteiger partial charge in [-0.1, -0.05) is 0 Å². The molecular weight excluding hydrogens is 425 g/mol. The molecule has 32 heavy (non-hydrogen) atoms. The van der Waals surface area contributed by atoms with Crippen LogP contribution in [0.4, 0.5) is 18.0 Å². The Morgan fingerprint density at radius 3 is 2.28 bits per heavy atom. The molecule has 4 rings (SSSR count). The highest BCUT2D eigenvalue weighted by molar-refractivity contribution is 5.68. The molecule has 3 aliphatic rings. The highest BCUT2D eigenvalue weighted by Crippen LogP contribution is 2.44. The van der Waals surface area contributed by atoms with E-state index < -0.39 is 18.4 Å². The first-order valence-corrected chi connectivity index (χ1v) is 11.6. The van der Waals surface area contributed by atoms with Crippen molar-refractivity contribution in [3.05, 3.63) is 24.0 Å². The molecule has 0 spiro atoms. The molecule has 1 amide bonds. The summed E-state index contributed by atoms with van der Waals surface area (Å²) in [4.78, 5) is 17.5. The van der Waals surface area contributed by atoms with Crippen LogP contribution in [0.2, 0.25) is 0 Å². The Kier molecular flexibility index (Phi) is 7.12. The van der Waals surface area contributed by atoms with Crippen LogP contribution < -0.4 is 4.74 Å². The quantitative estimate of drug-likeness (QED) is 0.588. The van der Waals surface area contributed by atoms with E-state index in [1.165, 1.54) is 23.3 Å². The number of nitrogens with zero attached hydrogens (tertiary/aromatic N) is 2. The predicted octanol–water partition coefficient (Wildman–Crippen LogP) is 5.22. The molecule has 1 aromatic rings. The molecule has 0 bridgehead atoms. The lowest BCUT2D eigenvalue weighted by Gasteiger charge is -2.36. The van der Waals surface area contributed by atoms with Gasteiger partial charge in [-0.05, 0) is 70.3 Å². The summed E-state index contributed by atoms with van der Waals surface area (Å²) in [5.74, 6) is 1.56. The minimum absolute atomic E-state index is 0.0169. The Bertz CT molecular complexity index is 771. The highest BCUT2D eigenvalue weighted by Gasteiger charge is 2.40. The first-order valence-electron chi connectivity index (χ1n) is 11.6. The average molecular weight is 457 g/mol. The molecule has 1 aliphatic heterocycles. The molecule has 2 heterocycles. The number of pyridine rings is 1. The van der Waals surface area contributed by atoms with Crippen molar-refractivity contribution in [3.63, 3.8) is 0 Å². The maximum absolute atomic E-state index is 12.6. The molecule has 9 heteroatoms. The standard InChI is InChI=1S/C23H31F3N2O4/c1-15(23(24,25)26)30-22(29)28-12-9-19(10-13-28)31-17-4-6-18(7-5-17)32-21-8-11-27-14-20(21)16-2-3-16/h8,11,14-19H,2-7,9-10,12-13H2,1H3. The molecule has 3 fully saturated rings. The molecule has 2 aliphatic carbocycles. The zero-order valence-corrected chi connectivity index (χ0v) is 18.4. The number of alkyl halides is 3. The Morgan fingerprint density at radius 2 is 1.66 bits per heavy atom. The third kappa shape index (κ3) is 6.05. The lowest BCUT2D eigenvalue weighted by atomic mass is 9.94. The first kappa shape index (κ1) is 23.1. The van der Waals surface area contributed by atoms with Crippen LogP contribution in [-0.4, -0.2) is 59.7 Å². The van der Waals surface area contributed by atoms with Gasteiger partial charge in [-0.15, -0.1) is 0 Å². The summed E-state index contributed by atoms with van der Waals surface area (Å²) in [6, 6.07) is 1.96. The Labute approximate surface area is 186 Å². The van der Waals surface area contributed by atoms with Crippen molar-refractivity contribution in [2.24, 2.45) is 0 Å². The summed E-state index contributed by atoms with van der Waals surface area (Å²) in [5.41, 5.74) is 1.22. The fraction of sp³-hybridized carbons (Fsp3) is 0.739. The van der Waals surface area contributed by atoms with Crippen LogP contribution in [-0.2, 0) is 9.47 Å². The fourth-order valence-electron chi connectivity index (χ4n) is 4.41. The number of ether oxygens (including phenoxy) is 3. The van der Waals surface area contributed by atoms with Crippen molar-refractivity contribution in [1.82, 2.24) is 9.88 Å². The minimum atomic E-state index is -4.55. The van der Waals surface area contributed by atoms with E-state index in [0.29, 0.717) is 31.8 Å². The molecule has 0 radical (unpaired) electrons. The van der Waals surface area contributed by atoms with Crippen LogP contribution in [0.5, 0.6) is 5.75 Å². The Morgan fingerprint density at radius 1 is 1.03 bits per heavy atom. The van der Waals surface area contributed by atoms with Crippen molar-refractivity contribution in [2.45, 2.75) is 94.8 Å². The second-order valence-corrected chi connectivity index (χ2v) is 9.09. The van der Waals surface area contributed by atoms with Crippen LogP contribution in [0.15, 0.2) is 18.5 Å². The zero-order chi connectivity index (χ0) is 22.7. The van der Waals surface area contributed by atoms with E-state index in [2.05, 4.69) is 9.72 Å². The molecule has 2 saturated carbocycles. The van der Waals surface area contributed by atoms with Gasteiger partial charge in [0.15, 0.2) is 6.10 Å². The van der Waals surface area contributed by atoms with Gasteiger partial charge >= 0.3 is 12.3 Å². The first-order chi connectivity index (χ1) is 15.3. The van der Waals surface area contributed by atoms with Gasteiger partial charge in [0, 0.05) is 31.0 Å². The van der Waals surface area contributed by atoms with E-state index in [1.807, 2.05) is 12.3 Å². The third-order valence-electron chi connectivity index (χ3n) is 6.57. The number of hydrogen-bond acceptors (Lipinski definition) is 5. The molecule has 0 N–H and O–H groups in total. The third-order valence-corrected chi connectivity index (χ3v) is 6.57. The highest BCUT2D eigenvalue weighted by atomic mass is 19.4. The van der Waals surface area contributed by atoms with Gasteiger partial charge < -0.3 is 19.1 Å². The van der Waals surface area contributed by atoms with Crippen molar-refractivity contribution < 1.29 is 32.2 Å². The molecule has 1 aromatic heterocycles. The van der Waals surface area contributed by atoms with E-state index in [4.69, 9.17) is 9.47 Å². The van der Waals surface area contributed by atoms with Crippen molar-refractivity contribution in [2.75, 3.05) is 13.1 Å². The summed E-state index contributed by atoms with van der Waals surface area (Å²) in [7, 11) is 0. The van der Waals surface area contributed by atoms with Gasteiger partial charge in [0.2, 0.25) is 0 Å². The van der Waals surface area contributed by atoms with E-state index >= 15 is 0 Å². The van der Waals surface area contributed by atoms with E-state index in [1.54, 1.807) is 6.20 Å². The van der Waals surface area contributed by atoms with Crippen LogP contribution in [0.25, 0.3) is 0 Å². The largest absolute Gasteiger partial charge is 0.490 e. The Balaban J connectivity index is 1.16. The number of piperidine rings is 1. The van der Waals surface area contributed by atoms with Gasteiger partial charge in [-0.3, -0.25) is 4.98 Å². The molecular formula is C23H31F3N2O4. The summed E-state index contributed by atoms with van der Waals surface area (Å²) < 4.78 is 54.8. The maximum atomic E-state index is 12.6. The summed E-state index contributed by atoms with van der Waals surface area (Å²) in [5, 5.41) is 0. The van der Waals surface area contributed by atoms with Crippen molar-refractivity contribution in [3.8, 4) is 5.75 Å². The predicted molar refractivity (Wildman–Crippen MR) is 111 cm³/mol. The molecule has 0 aromatic carbocycles. The number of carbonyl (C=O) groups excluding carboxylic acids is 1. The smallest absolute Gasteiger partial charge is 0.425 e. The van der Waals surface area contributed by atoms with Gasteiger partial charge in [-0.2, -0.15) is 13.2 Å². The molecule has 1 atom stereocenters. The van der Waals surface area contributed by atoms with Crippen LogP contribution >= 0.6 is 0 Å². The van der Waals surface area contributed by atoms with Crippen LogP contribution in [0.1, 0.15) is 69.8 Å². The van der Waals surface area contributed by atoms with Gasteiger partial charge in [0.25, 0.3) is 0 Å². The monoisotopic (exact) mass is 456 g/mol. The lowest BCUT2D eigenvalue weighted by Crippen LogP contribution is -2.44. The number of amides is 1. The van der Waals surface area contributed by atoms with Gasteiger partial charge in [0.1, 0.15) is 5.75 Å². The molecule has 6 nitrogen and oxygen atoms in total. The van der Waals surface area contributed by atoms with Crippen LogP contribution in [0.3, 0.4) is 0 Å².